The topological polar surface area (TPSA) is 142 Å². The number of carbonyl (C=O) groups is 3. The van der Waals surface area contributed by atoms with E-state index in [1.165, 1.54) is 0 Å². The van der Waals surface area contributed by atoms with Crippen molar-refractivity contribution in [3.63, 3.8) is 0 Å². The van der Waals surface area contributed by atoms with E-state index in [1.807, 2.05) is 0 Å². The van der Waals surface area contributed by atoms with E-state index in [0.717, 1.165) is 25.7 Å². The van der Waals surface area contributed by atoms with Crippen LogP contribution in [0, 0.1) is 0 Å². The monoisotopic (exact) mass is 273 g/mol. The van der Waals surface area contributed by atoms with Gasteiger partial charge in [-0.05, 0) is 12.8 Å². The third-order valence-electron chi connectivity index (χ3n) is 3.12. The summed E-state index contributed by atoms with van der Waals surface area (Å²) < 4.78 is 0. The summed E-state index contributed by atoms with van der Waals surface area (Å²) in [5.41, 5.74) is 5.85. The number of amides is 2. The molecule has 0 saturated heterocycles. The van der Waals surface area contributed by atoms with Crippen molar-refractivity contribution >= 4 is 18.0 Å². The van der Waals surface area contributed by atoms with E-state index in [2.05, 4.69) is 10.6 Å². The van der Waals surface area contributed by atoms with Crippen LogP contribution < -0.4 is 16.4 Å². The number of carboxylic acid groups (broad SMARTS) is 2. The highest BCUT2D eigenvalue weighted by molar-refractivity contribution is 5.86. The smallest absolute Gasteiger partial charge is 0.326 e. The quantitative estimate of drug-likeness (QED) is 0.456. The molecule has 0 radical (unpaired) electrons. The van der Waals surface area contributed by atoms with E-state index in [1.54, 1.807) is 0 Å². The molecule has 0 aromatic carbocycles. The van der Waals surface area contributed by atoms with Crippen LogP contribution >= 0.6 is 0 Å². The zero-order valence-corrected chi connectivity index (χ0v) is 10.5. The SMILES string of the molecule is NC1CCCCC1NC(=O)N[C@H](CC(=O)O)C(=O)O. The van der Waals surface area contributed by atoms with Crippen molar-refractivity contribution in [3.8, 4) is 0 Å². The van der Waals surface area contributed by atoms with Crippen LogP contribution in [-0.4, -0.2) is 46.3 Å². The summed E-state index contributed by atoms with van der Waals surface area (Å²) in [5.74, 6) is -2.67. The van der Waals surface area contributed by atoms with E-state index in [-0.39, 0.29) is 12.1 Å². The highest BCUT2D eigenvalue weighted by Gasteiger charge is 2.27. The Balaban J connectivity index is 2.47. The lowest BCUT2D eigenvalue weighted by Crippen LogP contribution is -2.55. The molecule has 0 heterocycles. The first-order chi connectivity index (χ1) is 8.90. The van der Waals surface area contributed by atoms with Gasteiger partial charge >= 0.3 is 18.0 Å². The first-order valence-electron chi connectivity index (χ1n) is 6.17. The first kappa shape index (κ1) is 15.2. The van der Waals surface area contributed by atoms with Crippen LogP contribution in [-0.2, 0) is 9.59 Å². The van der Waals surface area contributed by atoms with Gasteiger partial charge in [0.1, 0.15) is 6.04 Å². The number of hydrogen-bond donors (Lipinski definition) is 5. The van der Waals surface area contributed by atoms with Crippen molar-refractivity contribution in [2.24, 2.45) is 5.73 Å². The molecule has 1 fully saturated rings. The fourth-order valence-electron chi connectivity index (χ4n) is 2.08. The first-order valence-corrected chi connectivity index (χ1v) is 6.17. The van der Waals surface area contributed by atoms with Crippen LogP contribution in [0.1, 0.15) is 32.1 Å². The molecule has 1 rings (SSSR count). The average molecular weight is 273 g/mol. The molecule has 3 atom stereocenters. The largest absolute Gasteiger partial charge is 0.481 e. The number of hydrogen-bond acceptors (Lipinski definition) is 4. The normalized spacial score (nSPS) is 24.3. The Bertz CT molecular complexity index is 360. The maximum Gasteiger partial charge on any atom is 0.326 e. The second-order valence-electron chi connectivity index (χ2n) is 4.66. The highest BCUT2D eigenvalue weighted by Crippen LogP contribution is 2.16. The van der Waals surface area contributed by atoms with Crippen molar-refractivity contribution in [3.05, 3.63) is 0 Å². The molecular formula is C11H19N3O5. The maximum absolute atomic E-state index is 11.6. The fraction of sp³-hybridized carbons (Fsp3) is 0.727. The Hall–Kier alpha value is -1.83. The minimum atomic E-state index is -1.45. The molecule has 0 bridgehead atoms. The second-order valence-corrected chi connectivity index (χ2v) is 4.66. The van der Waals surface area contributed by atoms with Crippen LogP contribution in [0.25, 0.3) is 0 Å². The Morgan fingerprint density at radius 1 is 1.21 bits per heavy atom. The summed E-state index contributed by atoms with van der Waals surface area (Å²) in [6, 6.07) is -2.50. The minimum absolute atomic E-state index is 0.151. The van der Waals surface area contributed by atoms with Gasteiger partial charge < -0.3 is 26.6 Å². The zero-order chi connectivity index (χ0) is 14.4. The number of aliphatic carboxylic acids is 2. The molecule has 8 heteroatoms. The lowest BCUT2D eigenvalue weighted by molar-refractivity contribution is -0.145. The molecule has 8 nitrogen and oxygen atoms in total. The molecule has 2 unspecified atom stereocenters. The summed E-state index contributed by atoms with van der Waals surface area (Å²) in [5, 5.41) is 22.1. The number of carbonyl (C=O) groups excluding carboxylic acids is 1. The lowest BCUT2D eigenvalue weighted by atomic mass is 9.91. The molecule has 0 aromatic heterocycles. The van der Waals surface area contributed by atoms with Gasteiger partial charge in [-0.2, -0.15) is 0 Å². The second kappa shape index (κ2) is 6.93. The lowest BCUT2D eigenvalue weighted by Gasteiger charge is -2.29. The van der Waals surface area contributed by atoms with Gasteiger partial charge in [-0.3, -0.25) is 4.79 Å². The van der Waals surface area contributed by atoms with Gasteiger partial charge in [-0.15, -0.1) is 0 Å². The van der Waals surface area contributed by atoms with Gasteiger partial charge in [0.05, 0.1) is 6.42 Å². The van der Waals surface area contributed by atoms with Crippen molar-refractivity contribution in [1.29, 1.82) is 0 Å². The Labute approximate surface area is 110 Å². The minimum Gasteiger partial charge on any atom is -0.481 e. The van der Waals surface area contributed by atoms with E-state index in [9.17, 15) is 14.4 Å². The Morgan fingerprint density at radius 2 is 1.84 bits per heavy atom. The molecule has 108 valence electrons. The van der Waals surface area contributed by atoms with E-state index >= 15 is 0 Å². The van der Waals surface area contributed by atoms with Crippen LogP contribution in [0.3, 0.4) is 0 Å². The van der Waals surface area contributed by atoms with Gasteiger partial charge in [0.2, 0.25) is 0 Å². The molecule has 19 heavy (non-hydrogen) atoms. The van der Waals surface area contributed by atoms with E-state index in [4.69, 9.17) is 15.9 Å². The number of nitrogens with one attached hydrogen (secondary N) is 2. The summed E-state index contributed by atoms with van der Waals surface area (Å²) in [6.45, 7) is 0. The predicted octanol–water partition coefficient (Wildman–Crippen LogP) is -0.517. The van der Waals surface area contributed by atoms with E-state index < -0.39 is 30.4 Å². The number of nitrogens with two attached hydrogens (primary N) is 1. The van der Waals surface area contributed by atoms with Crippen molar-refractivity contribution in [1.82, 2.24) is 10.6 Å². The number of urea groups is 1. The van der Waals surface area contributed by atoms with Crippen LogP contribution in [0.2, 0.25) is 0 Å². The van der Waals surface area contributed by atoms with Crippen molar-refractivity contribution in [2.75, 3.05) is 0 Å². The van der Waals surface area contributed by atoms with Crippen molar-refractivity contribution in [2.45, 2.75) is 50.2 Å². The fourth-order valence-corrected chi connectivity index (χ4v) is 2.08. The third kappa shape index (κ3) is 5.12. The summed E-state index contributed by atoms with van der Waals surface area (Å²) in [6.07, 6.45) is 2.85. The summed E-state index contributed by atoms with van der Waals surface area (Å²) in [7, 11) is 0. The molecule has 0 aliphatic heterocycles. The molecular weight excluding hydrogens is 254 g/mol. The average Bonchev–Trinajstić information content (AvgIpc) is 2.30. The van der Waals surface area contributed by atoms with Gasteiger partial charge in [-0.25, -0.2) is 9.59 Å². The molecule has 1 aliphatic carbocycles. The molecule has 1 saturated carbocycles. The molecule has 6 N–H and O–H groups in total. The molecule has 0 spiro atoms. The Kier molecular flexibility index (Phi) is 5.56. The van der Waals surface area contributed by atoms with E-state index in [0.29, 0.717) is 0 Å². The standard InChI is InChI=1S/C11H19N3O5/c12-6-3-1-2-4-7(6)13-11(19)14-8(10(17)18)5-9(15)16/h6-8H,1-5,12H2,(H,15,16)(H,17,18)(H2,13,14,19)/t6?,7?,8-/m1/s1. The highest BCUT2D eigenvalue weighted by atomic mass is 16.4. The van der Waals surface area contributed by atoms with Gasteiger partial charge in [0.15, 0.2) is 0 Å². The third-order valence-corrected chi connectivity index (χ3v) is 3.12. The van der Waals surface area contributed by atoms with Crippen LogP contribution in [0.4, 0.5) is 4.79 Å². The van der Waals surface area contributed by atoms with Crippen molar-refractivity contribution < 1.29 is 24.6 Å². The van der Waals surface area contributed by atoms with Crippen LogP contribution in [0.5, 0.6) is 0 Å². The maximum atomic E-state index is 11.6. The Morgan fingerprint density at radius 3 is 2.37 bits per heavy atom. The van der Waals surface area contributed by atoms with Crippen LogP contribution in [0.15, 0.2) is 0 Å². The zero-order valence-electron chi connectivity index (χ0n) is 10.5. The van der Waals surface area contributed by atoms with Gasteiger partial charge in [0.25, 0.3) is 0 Å². The molecule has 1 aliphatic rings. The summed E-state index contributed by atoms with van der Waals surface area (Å²) >= 11 is 0. The van der Waals surface area contributed by atoms with Gasteiger partial charge in [-0.1, -0.05) is 12.8 Å². The number of rotatable bonds is 5. The summed E-state index contributed by atoms with van der Waals surface area (Å²) in [4.78, 5) is 32.9. The number of carboxylic acids is 2. The molecule has 2 amide bonds. The predicted molar refractivity (Wildman–Crippen MR) is 65.6 cm³/mol. The van der Waals surface area contributed by atoms with Gasteiger partial charge in [0, 0.05) is 12.1 Å². The molecule has 0 aromatic rings.